The third-order valence-corrected chi connectivity index (χ3v) is 4.66. The maximum Gasteiger partial charge on any atom is 0.335 e. The summed E-state index contributed by atoms with van der Waals surface area (Å²) in [5.41, 5.74) is 0.485. The zero-order valence-electron chi connectivity index (χ0n) is 11.5. The van der Waals surface area contributed by atoms with Gasteiger partial charge in [0.15, 0.2) is 0 Å². The summed E-state index contributed by atoms with van der Waals surface area (Å²) in [6.45, 7) is 3.72. The van der Waals surface area contributed by atoms with Crippen molar-refractivity contribution in [2.75, 3.05) is 13.1 Å². The molecule has 0 aliphatic carbocycles. The van der Waals surface area contributed by atoms with Crippen molar-refractivity contribution in [3.05, 3.63) is 29.3 Å². The minimum absolute atomic E-state index is 0.0248. The van der Waals surface area contributed by atoms with Crippen LogP contribution >= 0.6 is 0 Å². The summed E-state index contributed by atoms with van der Waals surface area (Å²) in [5, 5.41) is 9.06. The van der Waals surface area contributed by atoms with Crippen LogP contribution < -0.4 is 0 Å². The highest BCUT2D eigenvalue weighted by Gasteiger charge is 2.24. The van der Waals surface area contributed by atoms with Gasteiger partial charge in [-0.15, -0.1) is 6.42 Å². The molecule has 0 saturated heterocycles. The molecule has 1 N–H and O–H groups in total. The molecule has 0 aromatic heterocycles. The van der Waals surface area contributed by atoms with Crippen LogP contribution in [0.2, 0.25) is 0 Å². The molecule has 0 radical (unpaired) electrons. The van der Waals surface area contributed by atoms with Gasteiger partial charge < -0.3 is 5.11 Å². The van der Waals surface area contributed by atoms with Gasteiger partial charge in [0, 0.05) is 6.54 Å². The van der Waals surface area contributed by atoms with Crippen LogP contribution in [0.1, 0.15) is 29.3 Å². The molecule has 5 nitrogen and oxygen atoms in total. The van der Waals surface area contributed by atoms with Crippen molar-refractivity contribution in [2.24, 2.45) is 0 Å². The summed E-state index contributed by atoms with van der Waals surface area (Å²) >= 11 is 0. The number of terminal acetylenes is 1. The van der Waals surface area contributed by atoms with Crippen LogP contribution in [-0.2, 0) is 10.0 Å². The average molecular weight is 295 g/mol. The first-order valence-electron chi connectivity index (χ1n) is 6.12. The Morgan fingerprint density at radius 1 is 1.45 bits per heavy atom. The summed E-state index contributed by atoms with van der Waals surface area (Å²) in [6, 6.07) is 4.05. The zero-order valence-corrected chi connectivity index (χ0v) is 12.3. The van der Waals surface area contributed by atoms with Crippen LogP contribution in [0.25, 0.3) is 0 Å². The van der Waals surface area contributed by atoms with Gasteiger partial charge in [0.2, 0.25) is 10.0 Å². The molecule has 0 atom stereocenters. The van der Waals surface area contributed by atoms with Gasteiger partial charge in [-0.25, -0.2) is 13.2 Å². The lowest BCUT2D eigenvalue weighted by Gasteiger charge is -2.19. The Hall–Kier alpha value is -1.84. The lowest BCUT2D eigenvalue weighted by molar-refractivity contribution is 0.0696. The Morgan fingerprint density at radius 2 is 2.10 bits per heavy atom. The topological polar surface area (TPSA) is 74.7 Å². The van der Waals surface area contributed by atoms with Gasteiger partial charge in [0.1, 0.15) is 0 Å². The maximum atomic E-state index is 12.4. The molecule has 0 bridgehead atoms. The smallest absolute Gasteiger partial charge is 0.335 e. The van der Waals surface area contributed by atoms with Crippen molar-refractivity contribution >= 4 is 16.0 Å². The van der Waals surface area contributed by atoms with Crippen LogP contribution in [0.4, 0.5) is 0 Å². The van der Waals surface area contributed by atoms with Gasteiger partial charge in [-0.2, -0.15) is 4.31 Å². The monoisotopic (exact) mass is 295 g/mol. The van der Waals surface area contributed by atoms with E-state index in [1.165, 1.54) is 22.5 Å². The van der Waals surface area contributed by atoms with Crippen molar-refractivity contribution in [3.63, 3.8) is 0 Å². The van der Waals surface area contributed by atoms with E-state index >= 15 is 0 Å². The average Bonchev–Trinajstić information content (AvgIpc) is 2.38. The highest BCUT2D eigenvalue weighted by Crippen LogP contribution is 2.19. The lowest BCUT2D eigenvalue weighted by Crippen LogP contribution is -2.32. The molecule has 0 aliphatic heterocycles. The summed E-state index contributed by atoms with van der Waals surface area (Å²) in [7, 11) is -3.77. The Morgan fingerprint density at radius 3 is 2.60 bits per heavy atom. The molecule has 0 saturated carbocycles. The largest absolute Gasteiger partial charge is 0.478 e. The van der Waals surface area contributed by atoms with Gasteiger partial charge in [-0.1, -0.05) is 18.9 Å². The Balaban J connectivity index is 3.31. The third kappa shape index (κ3) is 3.38. The molecule has 0 spiro atoms. The maximum absolute atomic E-state index is 12.4. The highest BCUT2D eigenvalue weighted by molar-refractivity contribution is 7.89. The van der Waals surface area contributed by atoms with Gasteiger partial charge in [0.25, 0.3) is 0 Å². The molecule has 108 valence electrons. The van der Waals surface area contributed by atoms with E-state index < -0.39 is 16.0 Å². The molecular formula is C14H17NO4S. The van der Waals surface area contributed by atoms with Crippen molar-refractivity contribution in [1.29, 1.82) is 0 Å². The number of carboxylic acids is 1. The predicted octanol–water partition coefficient (Wildman–Crippen LogP) is 1.73. The summed E-state index contributed by atoms with van der Waals surface area (Å²) in [4.78, 5) is 11.0. The van der Waals surface area contributed by atoms with Crippen molar-refractivity contribution in [2.45, 2.75) is 25.2 Å². The number of nitrogens with zero attached hydrogens (tertiary/aromatic N) is 1. The number of aromatic carboxylic acids is 1. The molecule has 1 rings (SSSR count). The van der Waals surface area contributed by atoms with E-state index in [0.717, 1.165) is 0 Å². The first-order chi connectivity index (χ1) is 9.34. The van der Waals surface area contributed by atoms with E-state index in [4.69, 9.17) is 11.5 Å². The van der Waals surface area contributed by atoms with Crippen molar-refractivity contribution in [1.82, 2.24) is 4.31 Å². The van der Waals surface area contributed by atoms with Crippen molar-refractivity contribution < 1.29 is 18.3 Å². The minimum atomic E-state index is -3.77. The SMILES string of the molecule is C#CCN(CCC)S(=O)(=O)c1ccc(C)c(C(=O)O)c1. The molecule has 0 amide bonds. The first-order valence-corrected chi connectivity index (χ1v) is 7.56. The normalized spacial score (nSPS) is 11.3. The molecule has 1 aromatic rings. The Kier molecular flexibility index (Phi) is 5.31. The second kappa shape index (κ2) is 6.55. The predicted molar refractivity (Wildman–Crippen MR) is 76.0 cm³/mol. The Bertz CT molecular complexity index is 644. The first kappa shape index (κ1) is 16.2. The lowest BCUT2D eigenvalue weighted by atomic mass is 10.1. The summed E-state index contributed by atoms with van der Waals surface area (Å²) in [5.74, 6) is 1.15. The van der Waals surface area contributed by atoms with E-state index in [0.29, 0.717) is 18.5 Å². The number of carboxylic acid groups (broad SMARTS) is 1. The highest BCUT2D eigenvalue weighted by atomic mass is 32.2. The number of sulfonamides is 1. The number of aryl methyl sites for hydroxylation is 1. The molecule has 1 aromatic carbocycles. The fourth-order valence-electron chi connectivity index (χ4n) is 1.78. The number of hydrogen-bond acceptors (Lipinski definition) is 3. The van der Waals surface area contributed by atoms with E-state index in [-0.39, 0.29) is 17.0 Å². The second-order valence-corrected chi connectivity index (χ2v) is 6.26. The van der Waals surface area contributed by atoms with Gasteiger partial charge in [0.05, 0.1) is 17.0 Å². The van der Waals surface area contributed by atoms with Crippen LogP contribution in [-0.4, -0.2) is 36.9 Å². The molecule has 0 fully saturated rings. The zero-order chi connectivity index (χ0) is 15.3. The number of rotatable bonds is 6. The molecule has 0 heterocycles. The van der Waals surface area contributed by atoms with E-state index in [1.54, 1.807) is 6.92 Å². The Labute approximate surface area is 119 Å². The van der Waals surface area contributed by atoms with Crippen LogP contribution in [0.5, 0.6) is 0 Å². The fourth-order valence-corrected chi connectivity index (χ4v) is 3.25. The second-order valence-electron chi connectivity index (χ2n) is 4.32. The number of benzene rings is 1. The number of carbonyl (C=O) groups is 1. The van der Waals surface area contributed by atoms with E-state index in [1.807, 2.05) is 6.92 Å². The van der Waals surface area contributed by atoms with E-state index in [2.05, 4.69) is 5.92 Å². The molecule has 20 heavy (non-hydrogen) atoms. The molecule has 6 heteroatoms. The molecule has 0 unspecified atom stereocenters. The van der Waals surface area contributed by atoms with Gasteiger partial charge in [-0.3, -0.25) is 0 Å². The minimum Gasteiger partial charge on any atom is -0.478 e. The van der Waals surface area contributed by atoms with Crippen LogP contribution in [0.3, 0.4) is 0 Å². The molecule has 0 aliphatic rings. The van der Waals surface area contributed by atoms with Gasteiger partial charge in [-0.05, 0) is 31.0 Å². The van der Waals surface area contributed by atoms with Gasteiger partial charge >= 0.3 is 5.97 Å². The van der Waals surface area contributed by atoms with E-state index in [9.17, 15) is 13.2 Å². The van der Waals surface area contributed by atoms with Crippen LogP contribution in [0, 0.1) is 19.3 Å². The fraction of sp³-hybridized carbons (Fsp3) is 0.357. The summed E-state index contributed by atoms with van der Waals surface area (Å²) < 4.78 is 26.0. The van der Waals surface area contributed by atoms with Crippen molar-refractivity contribution in [3.8, 4) is 12.3 Å². The third-order valence-electron chi connectivity index (χ3n) is 2.82. The quantitative estimate of drug-likeness (QED) is 0.811. The number of hydrogen-bond donors (Lipinski definition) is 1. The summed E-state index contributed by atoms with van der Waals surface area (Å²) in [6.07, 6.45) is 5.81. The standard InChI is InChI=1S/C14H17NO4S/c1-4-8-15(9-5-2)20(18,19)12-7-6-11(3)13(10-12)14(16)17/h1,6-7,10H,5,8-9H2,2-3H3,(H,16,17). The molecular weight excluding hydrogens is 278 g/mol. The van der Waals surface area contributed by atoms with Crippen LogP contribution in [0.15, 0.2) is 23.1 Å².